The Morgan fingerprint density at radius 2 is 2.05 bits per heavy atom. The van der Waals surface area contributed by atoms with Crippen molar-refractivity contribution in [2.45, 2.75) is 56.7 Å². The quantitative estimate of drug-likeness (QED) is 0.846. The molecule has 21 heavy (non-hydrogen) atoms. The van der Waals surface area contributed by atoms with Crippen LogP contribution in [0.3, 0.4) is 0 Å². The van der Waals surface area contributed by atoms with E-state index in [0.29, 0.717) is 12.6 Å². The molecule has 2 N–H and O–H groups in total. The van der Waals surface area contributed by atoms with Gasteiger partial charge in [0.15, 0.2) is 0 Å². The first-order chi connectivity index (χ1) is 10.1. The number of para-hydroxylation sites is 1. The lowest BCUT2D eigenvalue weighted by Crippen LogP contribution is -2.39. The second-order valence-electron chi connectivity index (χ2n) is 6.69. The van der Waals surface area contributed by atoms with Crippen LogP contribution >= 0.6 is 11.6 Å². The van der Waals surface area contributed by atoms with Crippen LogP contribution in [0, 0.1) is 0 Å². The summed E-state index contributed by atoms with van der Waals surface area (Å²) in [4.78, 5) is 2.14. The second kappa shape index (κ2) is 6.15. The van der Waals surface area contributed by atoms with Gasteiger partial charge in [-0.25, -0.2) is 0 Å². The van der Waals surface area contributed by atoms with Gasteiger partial charge in [0.25, 0.3) is 0 Å². The summed E-state index contributed by atoms with van der Waals surface area (Å²) in [7, 11) is 2.04. The maximum absolute atomic E-state index is 10.6. The van der Waals surface area contributed by atoms with Crippen LogP contribution in [0.4, 0.5) is 5.69 Å². The number of hydrogen-bond acceptors (Lipinski definition) is 3. The van der Waals surface area contributed by atoms with Crippen LogP contribution in [0.25, 0.3) is 0 Å². The molecule has 2 aliphatic rings. The van der Waals surface area contributed by atoms with E-state index in [9.17, 15) is 5.11 Å². The molecule has 0 bridgehead atoms. The highest BCUT2D eigenvalue weighted by Crippen LogP contribution is 2.35. The number of rotatable bonds is 6. The number of anilines is 1. The molecule has 4 heteroatoms. The molecule has 3 rings (SSSR count). The highest BCUT2D eigenvalue weighted by atomic mass is 35.5. The fourth-order valence-corrected chi connectivity index (χ4v) is 3.72. The third-order valence-electron chi connectivity index (χ3n) is 4.68. The predicted octanol–water partition coefficient (Wildman–Crippen LogP) is 3.33. The van der Waals surface area contributed by atoms with E-state index in [-0.39, 0.29) is 0 Å². The number of nitrogens with zero attached hydrogens (tertiary/aromatic N) is 1. The summed E-state index contributed by atoms with van der Waals surface area (Å²) in [5.41, 5.74) is 1.74. The molecule has 0 amide bonds. The summed E-state index contributed by atoms with van der Waals surface area (Å²) in [5, 5.41) is 15.0. The number of aliphatic hydroxyl groups is 1. The van der Waals surface area contributed by atoms with Crippen LogP contribution in [0.5, 0.6) is 0 Å². The molecule has 0 heterocycles. The summed E-state index contributed by atoms with van der Waals surface area (Å²) in [6, 6.07) is 6.76. The van der Waals surface area contributed by atoms with Crippen LogP contribution in [0.1, 0.15) is 44.1 Å². The standard InChI is InChI=1S/C17H25ClN2O/c1-20(12-17(21)9-2-3-10-17)16-13(5-4-6-15(16)18)11-19-14-7-8-14/h4-6,14,19,21H,2-3,7-12H2,1H3. The zero-order valence-electron chi connectivity index (χ0n) is 12.7. The van der Waals surface area contributed by atoms with Crippen molar-refractivity contribution >= 4 is 17.3 Å². The topological polar surface area (TPSA) is 35.5 Å². The Morgan fingerprint density at radius 1 is 1.33 bits per heavy atom. The van der Waals surface area contributed by atoms with Gasteiger partial charge >= 0.3 is 0 Å². The number of nitrogens with one attached hydrogen (secondary N) is 1. The normalized spacial score (nSPS) is 20.7. The van der Waals surface area contributed by atoms with Gasteiger partial charge in [-0.2, -0.15) is 0 Å². The van der Waals surface area contributed by atoms with Crippen molar-refractivity contribution in [3.63, 3.8) is 0 Å². The molecule has 2 aliphatic carbocycles. The molecule has 116 valence electrons. The highest BCUT2D eigenvalue weighted by Gasteiger charge is 2.33. The van der Waals surface area contributed by atoms with Gasteiger partial charge in [0, 0.05) is 26.2 Å². The zero-order chi connectivity index (χ0) is 14.9. The number of hydrogen-bond donors (Lipinski definition) is 2. The smallest absolute Gasteiger partial charge is 0.0821 e. The van der Waals surface area contributed by atoms with Gasteiger partial charge in [-0.05, 0) is 37.3 Å². The molecule has 0 atom stereocenters. The lowest BCUT2D eigenvalue weighted by molar-refractivity contribution is 0.0559. The average Bonchev–Trinajstić information content (AvgIpc) is 3.17. The lowest BCUT2D eigenvalue weighted by atomic mass is 10.0. The first-order valence-corrected chi connectivity index (χ1v) is 8.39. The van der Waals surface area contributed by atoms with Crippen molar-refractivity contribution in [2.24, 2.45) is 0 Å². The van der Waals surface area contributed by atoms with Gasteiger partial charge < -0.3 is 15.3 Å². The Balaban J connectivity index is 1.74. The highest BCUT2D eigenvalue weighted by molar-refractivity contribution is 6.33. The second-order valence-corrected chi connectivity index (χ2v) is 7.10. The fraction of sp³-hybridized carbons (Fsp3) is 0.647. The maximum Gasteiger partial charge on any atom is 0.0821 e. The van der Waals surface area contributed by atoms with Crippen molar-refractivity contribution < 1.29 is 5.11 Å². The van der Waals surface area contributed by atoms with Crippen LogP contribution < -0.4 is 10.2 Å². The SMILES string of the molecule is CN(CC1(O)CCCC1)c1c(Cl)cccc1CNC1CC1. The molecule has 2 saturated carbocycles. The number of benzene rings is 1. The molecule has 2 fully saturated rings. The summed E-state index contributed by atoms with van der Waals surface area (Å²) in [6.45, 7) is 1.51. The third kappa shape index (κ3) is 3.71. The van der Waals surface area contributed by atoms with E-state index in [4.69, 9.17) is 11.6 Å². The monoisotopic (exact) mass is 308 g/mol. The minimum absolute atomic E-state index is 0.547. The molecule has 0 saturated heterocycles. The summed E-state index contributed by atoms with van der Waals surface area (Å²) < 4.78 is 0. The van der Waals surface area contributed by atoms with Gasteiger partial charge in [-0.15, -0.1) is 0 Å². The van der Waals surface area contributed by atoms with Crippen molar-refractivity contribution in [2.75, 3.05) is 18.5 Å². The zero-order valence-corrected chi connectivity index (χ0v) is 13.5. The molecule has 0 aliphatic heterocycles. The van der Waals surface area contributed by atoms with Crippen molar-refractivity contribution in [3.05, 3.63) is 28.8 Å². The van der Waals surface area contributed by atoms with E-state index in [1.807, 2.05) is 19.2 Å². The van der Waals surface area contributed by atoms with E-state index in [2.05, 4.69) is 16.3 Å². The Labute approximate surface area is 132 Å². The van der Waals surface area contributed by atoms with Gasteiger partial charge in [0.1, 0.15) is 0 Å². The largest absolute Gasteiger partial charge is 0.388 e. The predicted molar refractivity (Wildman–Crippen MR) is 88.0 cm³/mol. The Morgan fingerprint density at radius 3 is 2.71 bits per heavy atom. The van der Waals surface area contributed by atoms with Gasteiger partial charge in [0.05, 0.1) is 16.3 Å². The molecular formula is C17H25ClN2O. The first-order valence-electron chi connectivity index (χ1n) is 8.02. The Kier molecular flexibility index (Phi) is 4.43. The molecule has 1 aromatic rings. The average molecular weight is 309 g/mol. The third-order valence-corrected chi connectivity index (χ3v) is 4.98. The summed E-state index contributed by atoms with van der Waals surface area (Å²) in [5.74, 6) is 0. The fourth-order valence-electron chi connectivity index (χ4n) is 3.38. The van der Waals surface area contributed by atoms with Crippen molar-refractivity contribution in [1.82, 2.24) is 5.32 Å². The maximum atomic E-state index is 10.6. The van der Waals surface area contributed by atoms with Gasteiger partial charge in [-0.3, -0.25) is 0 Å². The molecular weight excluding hydrogens is 284 g/mol. The molecule has 0 aromatic heterocycles. The van der Waals surface area contributed by atoms with E-state index in [1.165, 1.54) is 18.4 Å². The van der Waals surface area contributed by atoms with Crippen LogP contribution in [0.2, 0.25) is 5.02 Å². The van der Waals surface area contributed by atoms with Crippen molar-refractivity contribution in [1.29, 1.82) is 0 Å². The van der Waals surface area contributed by atoms with E-state index in [0.717, 1.165) is 42.9 Å². The molecule has 0 radical (unpaired) electrons. The van der Waals surface area contributed by atoms with E-state index < -0.39 is 5.60 Å². The minimum atomic E-state index is -0.547. The first kappa shape index (κ1) is 15.1. The number of halogens is 1. The van der Waals surface area contributed by atoms with Crippen LogP contribution in [-0.2, 0) is 6.54 Å². The van der Waals surface area contributed by atoms with Crippen LogP contribution in [-0.4, -0.2) is 30.3 Å². The molecule has 0 unspecified atom stereocenters. The molecule has 1 aromatic carbocycles. The van der Waals surface area contributed by atoms with E-state index in [1.54, 1.807) is 0 Å². The Bertz CT molecular complexity index is 496. The summed E-state index contributed by atoms with van der Waals surface area (Å²) in [6.07, 6.45) is 6.62. The minimum Gasteiger partial charge on any atom is -0.388 e. The van der Waals surface area contributed by atoms with Crippen molar-refractivity contribution in [3.8, 4) is 0 Å². The van der Waals surface area contributed by atoms with Crippen LogP contribution in [0.15, 0.2) is 18.2 Å². The lowest BCUT2D eigenvalue weighted by Gasteiger charge is -2.32. The summed E-state index contributed by atoms with van der Waals surface area (Å²) >= 11 is 6.43. The molecule has 0 spiro atoms. The Hall–Kier alpha value is -0.770. The van der Waals surface area contributed by atoms with E-state index >= 15 is 0 Å². The van der Waals surface area contributed by atoms with Gasteiger partial charge in [-0.1, -0.05) is 36.6 Å². The van der Waals surface area contributed by atoms with Gasteiger partial charge in [0.2, 0.25) is 0 Å². The molecule has 3 nitrogen and oxygen atoms in total. The number of likely N-dealkylation sites (N-methyl/N-ethyl adjacent to an activating group) is 1.